The van der Waals surface area contributed by atoms with Gasteiger partial charge in [0.1, 0.15) is 16.9 Å². The lowest BCUT2D eigenvalue weighted by atomic mass is 10.0. The number of halogens is 7. The number of hydrogen-bond donors (Lipinski definition) is 1. The summed E-state index contributed by atoms with van der Waals surface area (Å²) >= 11 is -1.90. The van der Waals surface area contributed by atoms with Crippen molar-refractivity contribution < 1.29 is 40.0 Å². The van der Waals surface area contributed by atoms with Crippen LogP contribution >= 0.6 is 0 Å². The Hall–Kier alpha value is -2.56. The average molecular weight is 483 g/mol. The van der Waals surface area contributed by atoms with Gasteiger partial charge in [0.25, 0.3) is 0 Å². The van der Waals surface area contributed by atoms with Crippen molar-refractivity contribution in [3.05, 3.63) is 58.7 Å². The average Bonchev–Trinajstić information content (AvgIpc) is 2.64. The first kappa shape index (κ1) is 25.7. The van der Waals surface area contributed by atoms with Crippen molar-refractivity contribution >= 4 is 11.4 Å². The Balaban J connectivity index is 2.60. The number of nitrogens with zero attached hydrogens (tertiary/aromatic N) is 2. The van der Waals surface area contributed by atoms with Gasteiger partial charge in [0.15, 0.2) is 17.3 Å². The SMILES string of the molecule is CC(C)(C)[S@@+]([O-])N[C@H](c1ccc(OC(F)(F)F)c(F)c1)c1ccc(C#N)c(C(F)(F)F)n1. The summed E-state index contributed by atoms with van der Waals surface area (Å²) in [7, 11) is 0. The van der Waals surface area contributed by atoms with Crippen molar-refractivity contribution in [1.29, 1.82) is 5.26 Å². The Morgan fingerprint density at radius 3 is 2.19 bits per heavy atom. The smallest absolute Gasteiger partial charge is 0.573 e. The zero-order valence-corrected chi connectivity index (χ0v) is 17.5. The van der Waals surface area contributed by atoms with E-state index in [1.807, 2.05) is 0 Å². The Bertz CT molecular complexity index is 1010. The molecule has 0 aliphatic rings. The number of hydrogen-bond acceptors (Lipinski definition) is 5. The van der Waals surface area contributed by atoms with Crippen LogP contribution in [0.2, 0.25) is 0 Å². The summed E-state index contributed by atoms with van der Waals surface area (Å²) in [6, 6.07) is 4.05. The highest BCUT2D eigenvalue weighted by Crippen LogP contribution is 2.34. The van der Waals surface area contributed by atoms with Gasteiger partial charge in [0, 0.05) is 11.4 Å². The molecule has 5 nitrogen and oxygen atoms in total. The summed E-state index contributed by atoms with van der Waals surface area (Å²) in [5.74, 6) is -2.60. The third kappa shape index (κ3) is 6.47. The minimum absolute atomic E-state index is 0.167. The predicted molar refractivity (Wildman–Crippen MR) is 99.9 cm³/mol. The van der Waals surface area contributed by atoms with Crippen molar-refractivity contribution in [2.45, 2.75) is 44.1 Å². The van der Waals surface area contributed by atoms with Crippen molar-refractivity contribution in [1.82, 2.24) is 9.71 Å². The molecule has 174 valence electrons. The molecule has 0 saturated carbocycles. The molecule has 1 heterocycles. The van der Waals surface area contributed by atoms with E-state index in [4.69, 9.17) is 5.26 Å². The van der Waals surface area contributed by atoms with Crippen molar-refractivity contribution in [2.75, 3.05) is 0 Å². The van der Waals surface area contributed by atoms with Crippen LogP contribution in [0.3, 0.4) is 0 Å². The molecule has 32 heavy (non-hydrogen) atoms. The first-order valence-electron chi connectivity index (χ1n) is 8.74. The number of ether oxygens (including phenoxy) is 1. The molecule has 0 amide bonds. The number of nitrogens with one attached hydrogen (secondary N) is 1. The van der Waals surface area contributed by atoms with E-state index in [0.29, 0.717) is 12.1 Å². The molecule has 2 atom stereocenters. The monoisotopic (exact) mass is 483 g/mol. The summed E-state index contributed by atoms with van der Waals surface area (Å²) in [6.07, 6.45) is -10.2. The van der Waals surface area contributed by atoms with Crippen LogP contribution in [0.1, 0.15) is 49.3 Å². The second-order valence-corrected chi connectivity index (χ2v) is 9.41. The Kier molecular flexibility index (Phi) is 7.33. The van der Waals surface area contributed by atoms with Gasteiger partial charge in [-0.2, -0.15) is 18.4 Å². The van der Waals surface area contributed by atoms with Crippen LogP contribution in [0, 0.1) is 17.1 Å². The number of pyridine rings is 1. The van der Waals surface area contributed by atoms with Crippen LogP contribution in [0.25, 0.3) is 0 Å². The summed E-state index contributed by atoms with van der Waals surface area (Å²) in [5.41, 5.74) is -2.82. The Labute approximate surface area is 181 Å². The molecular weight excluding hydrogens is 467 g/mol. The molecule has 0 bridgehead atoms. The standard InChI is InChI=1S/C19H16F7N3O2S/c1-17(2,3)32(30)29-15(10-5-7-14(12(20)8-10)31-19(24,25)26)13-6-4-11(9-27)16(28-13)18(21,22)23/h4-8,15,29H,1-3H3/t15-,32-/m1/s1. The summed E-state index contributed by atoms with van der Waals surface area (Å²) < 4.78 is 109. The number of alkyl halides is 6. The van der Waals surface area contributed by atoms with Gasteiger partial charge in [0.2, 0.25) is 0 Å². The van der Waals surface area contributed by atoms with Crippen molar-refractivity contribution in [3.8, 4) is 11.8 Å². The van der Waals surface area contributed by atoms with Gasteiger partial charge in [-0.3, -0.25) is 0 Å². The molecular formula is C19H16F7N3O2S. The molecule has 2 aromatic rings. The van der Waals surface area contributed by atoms with E-state index in [0.717, 1.165) is 18.2 Å². The normalized spacial score (nSPS) is 14.6. The van der Waals surface area contributed by atoms with Gasteiger partial charge < -0.3 is 9.29 Å². The van der Waals surface area contributed by atoms with Gasteiger partial charge in [-0.05, 0) is 50.6 Å². The van der Waals surface area contributed by atoms with Gasteiger partial charge in [-0.1, -0.05) is 6.07 Å². The van der Waals surface area contributed by atoms with Crippen molar-refractivity contribution in [2.24, 2.45) is 0 Å². The minimum atomic E-state index is -5.16. The molecule has 1 N–H and O–H groups in total. The summed E-state index contributed by atoms with van der Waals surface area (Å²) in [5, 5.41) is 8.93. The molecule has 0 radical (unpaired) electrons. The van der Waals surface area contributed by atoms with E-state index >= 15 is 0 Å². The molecule has 1 aromatic carbocycles. The first-order valence-corrected chi connectivity index (χ1v) is 9.89. The molecule has 0 aliphatic heterocycles. The quantitative estimate of drug-likeness (QED) is 0.470. The van der Waals surface area contributed by atoms with Crippen LogP contribution < -0.4 is 9.46 Å². The zero-order valence-electron chi connectivity index (χ0n) is 16.7. The predicted octanol–water partition coefficient (Wildman–Crippen LogP) is 5.15. The highest BCUT2D eigenvalue weighted by molar-refractivity contribution is 7.90. The molecule has 0 saturated heterocycles. The molecule has 0 unspecified atom stereocenters. The van der Waals surface area contributed by atoms with E-state index in [1.54, 1.807) is 20.8 Å². The highest BCUT2D eigenvalue weighted by Gasteiger charge is 2.38. The van der Waals surface area contributed by atoms with Crippen LogP contribution in [0.5, 0.6) is 5.75 Å². The number of rotatable bonds is 5. The van der Waals surface area contributed by atoms with Gasteiger partial charge in [-0.15, -0.1) is 17.9 Å². The van der Waals surface area contributed by atoms with E-state index in [2.05, 4.69) is 14.4 Å². The third-order valence-corrected chi connectivity index (χ3v) is 5.46. The van der Waals surface area contributed by atoms with Crippen LogP contribution in [-0.4, -0.2) is 20.6 Å². The fourth-order valence-electron chi connectivity index (χ4n) is 2.43. The number of nitriles is 1. The molecule has 0 aliphatic carbocycles. The molecule has 2 rings (SSSR count). The summed E-state index contributed by atoms with van der Waals surface area (Å²) in [6.45, 7) is 4.67. The second kappa shape index (κ2) is 9.13. The topological polar surface area (TPSA) is 81.0 Å². The van der Waals surface area contributed by atoms with Crippen LogP contribution in [0.15, 0.2) is 30.3 Å². The van der Waals surface area contributed by atoms with E-state index in [9.17, 15) is 35.3 Å². The van der Waals surface area contributed by atoms with Gasteiger partial charge in [-0.25, -0.2) is 9.37 Å². The number of benzene rings is 1. The maximum Gasteiger partial charge on any atom is 0.573 e. The fourth-order valence-corrected chi connectivity index (χ4v) is 3.25. The van der Waals surface area contributed by atoms with Crippen LogP contribution in [-0.2, 0) is 17.5 Å². The van der Waals surface area contributed by atoms with Gasteiger partial charge in [0.05, 0.1) is 11.3 Å². The van der Waals surface area contributed by atoms with Crippen LogP contribution in [0.4, 0.5) is 30.7 Å². The van der Waals surface area contributed by atoms with Crippen molar-refractivity contribution in [3.63, 3.8) is 0 Å². The van der Waals surface area contributed by atoms with Gasteiger partial charge >= 0.3 is 12.5 Å². The Morgan fingerprint density at radius 2 is 1.72 bits per heavy atom. The van der Waals surface area contributed by atoms with E-state index in [-0.39, 0.29) is 11.3 Å². The summed E-state index contributed by atoms with van der Waals surface area (Å²) in [4.78, 5) is 3.46. The number of aromatic nitrogens is 1. The molecule has 1 aromatic heterocycles. The Morgan fingerprint density at radius 1 is 1.09 bits per heavy atom. The molecule has 13 heteroatoms. The maximum atomic E-state index is 14.2. The maximum absolute atomic E-state index is 14.2. The highest BCUT2D eigenvalue weighted by atomic mass is 32.2. The minimum Gasteiger partial charge on any atom is -0.598 e. The molecule has 0 fully saturated rings. The lowest BCUT2D eigenvalue weighted by molar-refractivity contribution is -0.275. The first-order chi connectivity index (χ1) is 14.5. The lowest BCUT2D eigenvalue weighted by Crippen LogP contribution is -2.42. The third-order valence-electron chi connectivity index (χ3n) is 3.90. The lowest BCUT2D eigenvalue weighted by Gasteiger charge is -2.28. The zero-order chi connectivity index (χ0) is 24.5. The second-order valence-electron chi connectivity index (χ2n) is 7.41. The fraction of sp³-hybridized carbons (Fsp3) is 0.368. The van der Waals surface area contributed by atoms with E-state index in [1.165, 1.54) is 6.07 Å². The largest absolute Gasteiger partial charge is 0.598 e. The molecule has 0 spiro atoms. The van der Waals surface area contributed by atoms with E-state index < -0.39 is 57.5 Å².